The summed E-state index contributed by atoms with van der Waals surface area (Å²) in [6.45, 7) is 1.72. The second-order valence-corrected chi connectivity index (χ2v) is 5.82. The molecule has 1 N–H and O–H groups in total. The van der Waals surface area contributed by atoms with E-state index in [1.165, 1.54) is 0 Å². The first kappa shape index (κ1) is 16.2. The lowest BCUT2D eigenvalue weighted by Crippen LogP contribution is -2.30. The number of carbonyl (C=O) groups excluding carboxylic acids is 1. The lowest BCUT2D eigenvalue weighted by Gasteiger charge is -2.15. The van der Waals surface area contributed by atoms with Crippen LogP contribution in [0.25, 0.3) is 0 Å². The first-order valence-corrected chi connectivity index (χ1v) is 7.90. The smallest absolute Gasteiger partial charge is 0.251 e. The van der Waals surface area contributed by atoms with E-state index in [1.54, 1.807) is 31.2 Å². The summed E-state index contributed by atoms with van der Waals surface area (Å²) in [6.07, 6.45) is 0.557. The summed E-state index contributed by atoms with van der Waals surface area (Å²) in [5.74, 6) is 0.630. The zero-order chi connectivity index (χ0) is 16.9. The van der Waals surface area contributed by atoms with Gasteiger partial charge in [0.15, 0.2) is 0 Å². The Morgan fingerprint density at radius 3 is 2.46 bits per heavy atom. The number of halogens is 1. The van der Waals surface area contributed by atoms with Crippen molar-refractivity contribution in [3.8, 4) is 0 Å². The average molecular weight is 342 g/mol. The van der Waals surface area contributed by atoms with Gasteiger partial charge < -0.3 is 9.73 Å². The third-order valence-corrected chi connectivity index (χ3v) is 3.79. The monoisotopic (exact) mass is 341 g/mol. The number of nitrogens with one attached hydrogen (secondary N) is 1. The van der Waals surface area contributed by atoms with Crippen LogP contribution >= 0.6 is 11.6 Å². The first-order valence-electron chi connectivity index (χ1n) is 7.52. The molecule has 1 aromatic heterocycles. The molecule has 5 nitrogen and oxygen atoms in total. The van der Waals surface area contributed by atoms with E-state index in [1.807, 2.05) is 30.3 Å². The number of carbonyl (C=O) groups is 1. The highest BCUT2D eigenvalue weighted by atomic mass is 35.5. The molecule has 0 aliphatic carbocycles. The quantitative estimate of drug-likeness (QED) is 0.767. The van der Waals surface area contributed by atoms with Gasteiger partial charge in [-0.05, 0) is 29.8 Å². The maximum atomic E-state index is 12.5. The van der Waals surface area contributed by atoms with Crippen molar-refractivity contribution in [1.29, 1.82) is 0 Å². The molecule has 3 rings (SSSR count). The van der Waals surface area contributed by atoms with Gasteiger partial charge in [0.05, 0.1) is 0 Å². The molecule has 0 saturated heterocycles. The van der Waals surface area contributed by atoms with Crippen LogP contribution in [0.2, 0.25) is 5.02 Å². The van der Waals surface area contributed by atoms with Gasteiger partial charge in [0.25, 0.3) is 5.91 Å². The molecule has 6 heteroatoms. The average Bonchev–Trinajstić information content (AvgIpc) is 3.02. The number of amides is 1. The Hall–Kier alpha value is -2.66. The highest BCUT2D eigenvalue weighted by molar-refractivity contribution is 6.30. The molecule has 0 aliphatic rings. The summed E-state index contributed by atoms with van der Waals surface area (Å²) in [4.78, 5) is 12.5. The van der Waals surface area contributed by atoms with Gasteiger partial charge in [-0.1, -0.05) is 41.9 Å². The zero-order valence-electron chi connectivity index (χ0n) is 13.1. The molecule has 1 unspecified atom stereocenters. The molecule has 3 aromatic rings. The Balaban J connectivity index is 1.81. The van der Waals surface area contributed by atoms with Crippen molar-refractivity contribution in [2.45, 2.75) is 19.4 Å². The fourth-order valence-electron chi connectivity index (χ4n) is 2.35. The van der Waals surface area contributed by atoms with Gasteiger partial charge in [-0.15, -0.1) is 10.2 Å². The Labute approximate surface area is 144 Å². The Bertz CT molecular complexity index is 816. The minimum Gasteiger partial charge on any atom is -0.423 e. The summed E-state index contributed by atoms with van der Waals surface area (Å²) >= 11 is 5.86. The number of aromatic nitrogens is 2. The van der Waals surface area contributed by atoms with Crippen molar-refractivity contribution in [3.63, 3.8) is 0 Å². The molecular formula is C18H16ClN3O2. The topological polar surface area (TPSA) is 68.0 Å². The van der Waals surface area contributed by atoms with Crippen LogP contribution in [0.5, 0.6) is 0 Å². The van der Waals surface area contributed by atoms with E-state index in [9.17, 15) is 4.79 Å². The fraction of sp³-hybridized carbons (Fsp3) is 0.167. The van der Waals surface area contributed by atoms with Gasteiger partial charge in [-0.3, -0.25) is 4.79 Å². The van der Waals surface area contributed by atoms with Crippen LogP contribution in [-0.4, -0.2) is 16.1 Å². The summed E-state index contributed by atoms with van der Waals surface area (Å²) in [5.41, 5.74) is 1.59. The van der Waals surface area contributed by atoms with Crippen LogP contribution < -0.4 is 5.32 Å². The number of hydrogen-bond acceptors (Lipinski definition) is 4. The van der Waals surface area contributed by atoms with E-state index < -0.39 is 6.04 Å². The first-order chi connectivity index (χ1) is 11.6. The van der Waals surface area contributed by atoms with E-state index in [4.69, 9.17) is 16.0 Å². The van der Waals surface area contributed by atoms with Gasteiger partial charge in [0, 0.05) is 23.9 Å². The highest BCUT2D eigenvalue weighted by Crippen LogP contribution is 2.19. The molecule has 0 spiro atoms. The number of benzene rings is 2. The van der Waals surface area contributed by atoms with E-state index in [-0.39, 0.29) is 5.91 Å². The van der Waals surface area contributed by atoms with Crippen LogP contribution in [0, 0.1) is 6.92 Å². The van der Waals surface area contributed by atoms with E-state index in [0.29, 0.717) is 28.8 Å². The number of rotatable bonds is 5. The molecule has 1 heterocycles. The molecule has 0 fully saturated rings. The van der Waals surface area contributed by atoms with Gasteiger partial charge in [0.1, 0.15) is 6.04 Å². The summed E-state index contributed by atoms with van der Waals surface area (Å²) in [5, 5.41) is 11.4. The van der Waals surface area contributed by atoms with Crippen LogP contribution in [0.4, 0.5) is 0 Å². The fourth-order valence-corrected chi connectivity index (χ4v) is 2.47. The molecule has 2 aromatic carbocycles. The molecule has 0 bridgehead atoms. The van der Waals surface area contributed by atoms with Crippen molar-refractivity contribution >= 4 is 17.5 Å². The molecule has 0 saturated carbocycles. The zero-order valence-corrected chi connectivity index (χ0v) is 13.8. The highest BCUT2D eigenvalue weighted by Gasteiger charge is 2.21. The second kappa shape index (κ2) is 7.27. The molecule has 0 aliphatic heterocycles. The van der Waals surface area contributed by atoms with Crippen molar-refractivity contribution < 1.29 is 9.21 Å². The van der Waals surface area contributed by atoms with E-state index in [0.717, 1.165) is 5.56 Å². The van der Waals surface area contributed by atoms with Crippen LogP contribution in [0.3, 0.4) is 0 Å². The maximum absolute atomic E-state index is 12.5. The van der Waals surface area contributed by atoms with Crippen LogP contribution in [0.15, 0.2) is 59.0 Å². The number of nitrogens with zero attached hydrogens (tertiary/aromatic N) is 2. The standard InChI is InChI=1S/C18H16ClN3O2/c1-12-21-22-18(24-12)16(11-13-5-3-2-4-6-13)20-17(23)14-7-9-15(19)10-8-14/h2-10,16H,11H2,1H3,(H,20,23). The molecule has 0 radical (unpaired) electrons. The van der Waals surface area contributed by atoms with Crippen molar-refractivity contribution in [3.05, 3.63) is 82.5 Å². The molecule has 122 valence electrons. The predicted molar refractivity (Wildman–Crippen MR) is 90.8 cm³/mol. The SMILES string of the molecule is Cc1nnc(C(Cc2ccccc2)NC(=O)c2ccc(Cl)cc2)o1. The summed E-state index contributed by atoms with van der Waals surface area (Å²) in [7, 11) is 0. The molecule has 24 heavy (non-hydrogen) atoms. The van der Waals surface area contributed by atoms with E-state index in [2.05, 4.69) is 15.5 Å². The molecular weight excluding hydrogens is 326 g/mol. The van der Waals surface area contributed by atoms with Gasteiger partial charge in [-0.2, -0.15) is 0 Å². The van der Waals surface area contributed by atoms with Gasteiger partial charge >= 0.3 is 0 Å². The maximum Gasteiger partial charge on any atom is 0.251 e. The van der Waals surface area contributed by atoms with Crippen molar-refractivity contribution in [2.75, 3.05) is 0 Å². The lowest BCUT2D eigenvalue weighted by atomic mass is 10.1. The summed E-state index contributed by atoms with van der Waals surface area (Å²) in [6, 6.07) is 16.1. The Morgan fingerprint density at radius 1 is 1.12 bits per heavy atom. The third kappa shape index (κ3) is 4.00. The lowest BCUT2D eigenvalue weighted by molar-refractivity contribution is 0.0929. The Kier molecular flexibility index (Phi) is 4.91. The van der Waals surface area contributed by atoms with Gasteiger partial charge in [0.2, 0.25) is 11.8 Å². The van der Waals surface area contributed by atoms with Crippen molar-refractivity contribution in [1.82, 2.24) is 15.5 Å². The van der Waals surface area contributed by atoms with Gasteiger partial charge in [-0.25, -0.2) is 0 Å². The number of hydrogen-bond donors (Lipinski definition) is 1. The van der Waals surface area contributed by atoms with Crippen LogP contribution in [0.1, 0.15) is 33.7 Å². The molecule has 1 amide bonds. The normalized spacial score (nSPS) is 11.9. The van der Waals surface area contributed by atoms with Crippen LogP contribution in [-0.2, 0) is 6.42 Å². The molecule has 1 atom stereocenters. The largest absolute Gasteiger partial charge is 0.423 e. The third-order valence-electron chi connectivity index (χ3n) is 3.53. The second-order valence-electron chi connectivity index (χ2n) is 5.38. The summed E-state index contributed by atoms with van der Waals surface area (Å²) < 4.78 is 5.52. The van der Waals surface area contributed by atoms with Crippen molar-refractivity contribution in [2.24, 2.45) is 0 Å². The Morgan fingerprint density at radius 2 is 1.83 bits per heavy atom. The van der Waals surface area contributed by atoms with E-state index >= 15 is 0 Å². The minimum atomic E-state index is -0.406. The predicted octanol–water partition coefficient (Wildman–Crippen LogP) is 3.75. The minimum absolute atomic E-state index is 0.219. The number of aryl methyl sites for hydroxylation is 1.